The molecule has 0 amide bonds. The highest BCUT2D eigenvalue weighted by Crippen LogP contribution is 2.21. The van der Waals surface area contributed by atoms with Gasteiger partial charge in [-0.1, -0.05) is 39.5 Å². The lowest BCUT2D eigenvalue weighted by Crippen LogP contribution is -2.34. The number of rotatable bonds is 6. The van der Waals surface area contributed by atoms with Crippen LogP contribution in [0.2, 0.25) is 0 Å². The highest BCUT2D eigenvalue weighted by Gasteiger charge is 2.17. The molecule has 0 saturated carbocycles. The van der Waals surface area contributed by atoms with Gasteiger partial charge in [0.05, 0.1) is 0 Å². The number of hydrogen-bond acceptors (Lipinski definition) is 1. The van der Waals surface area contributed by atoms with E-state index in [2.05, 4.69) is 18.7 Å². The summed E-state index contributed by atoms with van der Waals surface area (Å²) in [6.45, 7) is 8.69. The maximum atomic E-state index is 2.67. The second-order valence-corrected chi connectivity index (χ2v) is 4.78. The van der Waals surface area contributed by atoms with E-state index in [1.165, 1.54) is 64.6 Å². The van der Waals surface area contributed by atoms with Gasteiger partial charge >= 0.3 is 0 Å². The minimum atomic E-state index is 0. The Bertz CT molecular complexity index is 130. The van der Waals surface area contributed by atoms with Crippen LogP contribution in [0, 0.1) is 5.92 Å². The van der Waals surface area contributed by atoms with Gasteiger partial charge in [-0.05, 0) is 44.8 Å². The predicted molar refractivity (Wildman–Crippen MR) is 70.8 cm³/mol. The van der Waals surface area contributed by atoms with E-state index in [9.17, 15) is 0 Å². The molecule has 1 nitrogen and oxygen atoms in total. The normalized spacial score (nSPS) is 18.8. The van der Waals surface area contributed by atoms with Crippen molar-refractivity contribution < 1.29 is 0 Å². The highest BCUT2D eigenvalue weighted by molar-refractivity contribution is 5.85. The monoisotopic (exact) mass is 233 g/mol. The van der Waals surface area contributed by atoms with Crippen molar-refractivity contribution >= 4 is 12.4 Å². The summed E-state index contributed by atoms with van der Waals surface area (Å²) < 4.78 is 0. The van der Waals surface area contributed by atoms with Crippen molar-refractivity contribution in [1.82, 2.24) is 4.90 Å². The van der Waals surface area contributed by atoms with Crippen LogP contribution in [0.3, 0.4) is 0 Å². The minimum absolute atomic E-state index is 0. The molecule has 1 aliphatic rings. The summed E-state index contributed by atoms with van der Waals surface area (Å²) in [7, 11) is 0. The van der Waals surface area contributed by atoms with Crippen LogP contribution in [0.1, 0.15) is 58.8 Å². The van der Waals surface area contributed by atoms with Crippen molar-refractivity contribution in [3.8, 4) is 0 Å². The number of nitrogens with zero attached hydrogens (tertiary/aromatic N) is 1. The van der Waals surface area contributed by atoms with Crippen molar-refractivity contribution in [2.24, 2.45) is 5.92 Å². The Morgan fingerprint density at radius 2 is 1.67 bits per heavy atom. The molecule has 0 aliphatic carbocycles. The molecule has 0 unspecified atom stereocenters. The fourth-order valence-corrected chi connectivity index (χ4v) is 2.49. The quantitative estimate of drug-likeness (QED) is 0.625. The van der Waals surface area contributed by atoms with E-state index in [-0.39, 0.29) is 12.4 Å². The molecule has 92 valence electrons. The number of unbranched alkanes of at least 4 members (excludes halogenated alkanes) is 2. The molecular formula is C13H28ClN. The van der Waals surface area contributed by atoms with E-state index in [4.69, 9.17) is 0 Å². The largest absolute Gasteiger partial charge is 0.303 e. The molecular weight excluding hydrogens is 206 g/mol. The van der Waals surface area contributed by atoms with Crippen LogP contribution in [0.15, 0.2) is 0 Å². The maximum absolute atomic E-state index is 2.67. The summed E-state index contributed by atoms with van der Waals surface area (Å²) in [4.78, 5) is 2.67. The molecule has 1 saturated heterocycles. The third-order valence-electron chi connectivity index (χ3n) is 3.48. The lowest BCUT2D eigenvalue weighted by atomic mass is 9.92. The number of piperidine rings is 1. The SMILES string of the molecule is CCCCCN1CCC(CCC)CC1.Cl. The van der Waals surface area contributed by atoms with Gasteiger partial charge in [0.2, 0.25) is 0 Å². The summed E-state index contributed by atoms with van der Waals surface area (Å²) in [6, 6.07) is 0. The molecule has 0 bridgehead atoms. The predicted octanol–water partition coefficient (Wildman–Crippen LogP) is 4.11. The van der Waals surface area contributed by atoms with E-state index in [1.807, 2.05) is 0 Å². The van der Waals surface area contributed by atoms with Gasteiger partial charge in [-0.25, -0.2) is 0 Å². The first-order chi connectivity index (χ1) is 6.86. The zero-order valence-electron chi connectivity index (χ0n) is 10.5. The lowest BCUT2D eigenvalue weighted by Gasteiger charge is -2.31. The number of hydrogen-bond donors (Lipinski definition) is 0. The Morgan fingerprint density at radius 1 is 1.00 bits per heavy atom. The Labute approximate surface area is 102 Å². The third-order valence-corrected chi connectivity index (χ3v) is 3.48. The second kappa shape index (κ2) is 9.47. The first-order valence-electron chi connectivity index (χ1n) is 6.59. The van der Waals surface area contributed by atoms with Gasteiger partial charge in [0.15, 0.2) is 0 Å². The maximum Gasteiger partial charge on any atom is -0.00161 e. The zero-order chi connectivity index (χ0) is 10.2. The van der Waals surface area contributed by atoms with Gasteiger partial charge in [-0.2, -0.15) is 0 Å². The lowest BCUT2D eigenvalue weighted by molar-refractivity contribution is 0.176. The summed E-state index contributed by atoms with van der Waals surface area (Å²) >= 11 is 0. The van der Waals surface area contributed by atoms with E-state index in [0.29, 0.717) is 0 Å². The van der Waals surface area contributed by atoms with Gasteiger partial charge < -0.3 is 4.90 Å². The molecule has 0 aromatic rings. The van der Waals surface area contributed by atoms with Crippen molar-refractivity contribution in [3.63, 3.8) is 0 Å². The second-order valence-electron chi connectivity index (χ2n) is 4.78. The van der Waals surface area contributed by atoms with Crippen molar-refractivity contribution in [1.29, 1.82) is 0 Å². The van der Waals surface area contributed by atoms with Crippen LogP contribution in [0.4, 0.5) is 0 Å². The van der Waals surface area contributed by atoms with Crippen LogP contribution in [0.25, 0.3) is 0 Å². The molecule has 15 heavy (non-hydrogen) atoms. The van der Waals surface area contributed by atoms with Crippen LogP contribution in [0.5, 0.6) is 0 Å². The molecule has 1 aliphatic heterocycles. The molecule has 1 rings (SSSR count). The van der Waals surface area contributed by atoms with Crippen LogP contribution >= 0.6 is 12.4 Å². The topological polar surface area (TPSA) is 3.24 Å². The van der Waals surface area contributed by atoms with Crippen LogP contribution < -0.4 is 0 Å². The molecule has 1 fully saturated rings. The van der Waals surface area contributed by atoms with Gasteiger partial charge in [0.25, 0.3) is 0 Å². The Morgan fingerprint density at radius 3 is 2.20 bits per heavy atom. The van der Waals surface area contributed by atoms with Crippen LogP contribution in [-0.2, 0) is 0 Å². The van der Waals surface area contributed by atoms with Gasteiger partial charge in [-0.15, -0.1) is 12.4 Å². The summed E-state index contributed by atoms with van der Waals surface area (Å²) in [5.41, 5.74) is 0. The standard InChI is InChI=1S/C13H27N.ClH/c1-3-5-6-10-14-11-8-13(7-4-2)9-12-14;/h13H,3-12H2,1-2H3;1H. The molecule has 0 aromatic heterocycles. The molecule has 0 N–H and O–H groups in total. The molecule has 0 atom stereocenters. The first-order valence-corrected chi connectivity index (χ1v) is 6.59. The smallest absolute Gasteiger partial charge is 0.00161 e. The van der Waals surface area contributed by atoms with Crippen molar-refractivity contribution in [2.75, 3.05) is 19.6 Å². The molecule has 0 aromatic carbocycles. The Balaban J connectivity index is 0.00000196. The van der Waals surface area contributed by atoms with E-state index >= 15 is 0 Å². The molecule has 0 spiro atoms. The molecule has 2 heteroatoms. The van der Waals surface area contributed by atoms with Crippen molar-refractivity contribution in [3.05, 3.63) is 0 Å². The third kappa shape index (κ3) is 6.42. The van der Waals surface area contributed by atoms with E-state index in [1.54, 1.807) is 0 Å². The minimum Gasteiger partial charge on any atom is -0.303 e. The summed E-state index contributed by atoms with van der Waals surface area (Å²) in [6.07, 6.45) is 9.93. The average Bonchev–Trinajstić information content (AvgIpc) is 2.21. The summed E-state index contributed by atoms with van der Waals surface area (Å²) in [5, 5.41) is 0. The first kappa shape index (κ1) is 15.2. The number of halogens is 1. The fourth-order valence-electron chi connectivity index (χ4n) is 2.49. The van der Waals surface area contributed by atoms with Gasteiger partial charge in [0.1, 0.15) is 0 Å². The zero-order valence-corrected chi connectivity index (χ0v) is 11.3. The Kier molecular flexibility index (Phi) is 9.63. The van der Waals surface area contributed by atoms with E-state index in [0.717, 1.165) is 5.92 Å². The van der Waals surface area contributed by atoms with Crippen LogP contribution in [-0.4, -0.2) is 24.5 Å². The fraction of sp³-hybridized carbons (Fsp3) is 1.00. The molecule has 0 radical (unpaired) electrons. The molecule has 1 heterocycles. The number of likely N-dealkylation sites (tertiary alicyclic amines) is 1. The average molecular weight is 234 g/mol. The van der Waals surface area contributed by atoms with Gasteiger partial charge in [0, 0.05) is 0 Å². The van der Waals surface area contributed by atoms with E-state index < -0.39 is 0 Å². The highest BCUT2D eigenvalue weighted by atomic mass is 35.5. The van der Waals surface area contributed by atoms with Gasteiger partial charge in [-0.3, -0.25) is 0 Å². The Hall–Kier alpha value is 0.250. The van der Waals surface area contributed by atoms with Crippen molar-refractivity contribution in [2.45, 2.75) is 58.8 Å². The summed E-state index contributed by atoms with van der Waals surface area (Å²) in [5.74, 6) is 1.04.